The van der Waals surface area contributed by atoms with Gasteiger partial charge in [0.1, 0.15) is 0 Å². The van der Waals surface area contributed by atoms with Gasteiger partial charge in [-0.05, 0) is 43.7 Å². The molecule has 0 saturated heterocycles. The summed E-state index contributed by atoms with van der Waals surface area (Å²) < 4.78 is 0. The first-order chi connectivity index (χ1) is 9.08. The van der Waals surface area contributed by atoms with Gasteiger partial charge in [-0.15, -0.1) is 0 Å². The Hall–Kier alpha value is -2.36. The highest BCUT2D eigenvalue weighted by Gasteiger charge is 2.22. The van der Waals surface area contributed by atoms with Crippen molar-refractivity contribution in [2.24, 2.45) is 0 Å². The molecular formula is C15H17N3O. The quantitative estimate of drug-likeness (QED) is 0.885. The van der Waals surface area contributed by atoms with E-state index in [9.17, 15) is 4.79 Å². The standard InChI is InChI=1S/C15H17N3O/c1-15(2,12-8-10-16-11-9-12)18-14(19)17-13-6-4-3-5-7-13/h3-11H,1-2H3,(H2,17,18,19). The number of rotatable bonds is 3. The van der Waals surface area contributed by atoms with Crippen LogP contribution < -0.4 is 10.6 Å². The van der Waals surface area contributed by atoms with Crippen molar-refractivity contribution in [2.45, 2.75) is 19.4 Å². The van der Waals surface area contributed by atoms with Gasteiger partial charge in [0.05, 0.1) is 5.54 Å². The maximum Gasteiger partial charge on any atom is 0.319 e. The van der Waals surface area contributed by atoms with E-state index in [4.69, 9.17) is 0 Å². The number of para-hydroxylation sites is 1. The molecule has 2 aromatic rings. The average molecular weight is 255 g/mol. The Kier molecular flexibility index (Phi) is 3.80. The number of hydrogen-bond acceptors (Lipinski definition) is 2. The third-order valence-electron chi connectivity index (χ3n) is 2.86. The SMILES string of the molecule is CC(C)(NC(=O)Nc1ccccc1)c1ccncc1. The van der Waals surface area contributed by atoms with Gasteiger partial charge in [-0.1, -0.05) is 18.2 Å². The first kappa shape index (κ1) is 13.1. The molecule has 0 saturated carbocycles. The molecule has 4 heteroatoms. The van der Waals surface area contributed by atoms with Crippen LogP contribution in [0.25, 0.3) is 0 Å². The minimum Gasteiger partial charge on any atom is -0.329 e. The van der Waals surface area contributed by atoms with Crippen molar-refractivity contribution in [3.8, 4) is 0 Å². The molecule has 2 N–H and O–H groups in total. The fourth-order valence-electron chi connectivity index (χ4n) is 1.81. The van der Waals surface area contributed by atoms with Gasteiger partial charge in [-0.25, -0.2) is 4.79 Å². The molecule has 0 fully saturated rings. The second kappa shape index (κ2) is 5.52. The summed E-state index contributed by atoms with van der Waals surface area (Å²) in [7, 11) is 0. The van der Waals surface area contributed by atoms with Crippen molar-refractivity contribution in [3.63, 3.8) is 0 Å². The van der Waals surface area contributed by atoms with Crippen LogP contribution in [0.1, 0.15) is 19.4 Å². The largest absolute Gasteiger partial charge is 0.329 e. The Morgan fingerprint density at radius 3 is 2.32 bits per heavy atom. The number of aromatic nitrogens is 1. The summed E-state index contributed by atoms with van der Waals surface area (Å²) in [5, 5.41) is 5.75. The van der Waals surface area contributed by atoms with Crippen molar-refractivity contribution in [1.82, 2.24) is 10.3 Å². The van der Waals surface area contributed by atoms with E-state index in [0.29, 0.717) is 0 Å². The van der Waals surface area contributed by atoms with E-state index in [1.165, 1.54) is 0 Å². The van der Waals surface area contributed by atoms with E-state index in [1.54, 1.807) is 12.4 Å². The second-order valence-electron chi connectivity index (χ2n) is 4.81. The third-order valence-corrected chi connectivity index (χ3v) is 2.86. The lowest BCUT2D eigenvalue weighted by Gasteiger charge is -2.26. The molecule has 19 heavy (non-hydrogen) atoms. The van der Waals surface area contributed by atoms with Gasteiger partial charge in [0.2, 0.25) is 0 Å². The summed E-state index contributed by atoms with van der Waals surface area (Å²) in [6, 6.07) is 12.9. The van der Waals surface area contributed by atoms with Gasteiger partial charge in [0.15, 0.2) is 0 Å². The lowest BCUT2D eigenvalue weighted by molar-refractivity contribution is 0.242. The average Bonchev–Trinajstić information content (AvgIpc) is 2.40. The number of carbonyl (C=O) groups excluding carboxylic acids is 1. The van der Waals surface area contributed by atoms with Crippen LogP contribution in [0.2, 0.25) is 0 Å². The van der Waals surface area contributed by atoms with Crippen molar-refractivity contribution < 1.29 is 4.79 Å². The number of benzene rings is 1. The van der Waals surface area contributed by atoms with Crippen molar-refractivity contribution >= 4 is 11.7 Å². The van der Waals surface area contributed by atoms with E-state index < -0.39 is 5.54 Å². The molecule has 0 aliphatic heterocycles. The first-order valence-corrected chi connectivity index (χ1v) is 6.13. The Balaban J connectivity index is 2.02. The van der Waals surface area contributed by atoms with Gasteiger partial charge in [-0.3, -0.25) is 4.98 Å². The molecule has 0 radical (unpaired) electrons. The summed E-state index contributed by atoms with van der Waals surface area (Å²) in [4.78, 5) is 15.9. The Bertz CT molecular complexity index is 538. The molecule has 0 atom stereocenters. The zero-order valence-corrected chi connectivity index (χ0v) is 11.1. The normalized spacial score (nSPS) is 10.8. The number of urea groups is 1. The molecule has 0 aliphatic carbocycles. The molecule has 0 unspecified atom stereocenters. The monoisotopic (exact) mass is 255 g/mol. The fraction of sp³-hybridized carbons (Fsp3) is 0.200. The molecule has 98 valence electrons. The third kappa shape index (κ3) is 3.55. The van der Waals surface area contributed by atoms with Gasteiger partial charge >= 0.3 is 6.03 Å². The first-order valence-electron chi connectivity index (χ1n) is 6.13. The molecule has 0 spiro atoms. The fourth-order valence-corrected chi connectivity index (χ4v) is 1.81. The summed E-state index contributed by atoms with van der Waals surface area (Å²) >= 11 is 0. The van der Waals surface area contributed by atoms with Crippen LogP contribution >= 0.6 is 0 Å². The minimum atomic E-state index is -0.457. The predicted molar refractivity (Wildman–Crippen MR) is 75.9 cm³/mol. The van der Waals surface area contributed by atoms with Crippen LogP contribution in [0.4, 0.5) is 10.5 Å². The van der Waals surface area contributed by atoms with Gasteiger partial charge in [-0.2, -0.15) is 0 Å². The van der Waals surface area contributed by atoms with E-state index >= 15 is 0 Å². The highest BCUT2D eigenvalue weighted by molar-refractivity contribution is 5.89. The molecule has 1 aromatic carbocycles. The van der Waals surface area contributed by atoms with E-state index in [0.717, 1.165) is 11.3 Å². The number of anilines is 1. The van der Waals surface area contributed by atoms with Crippen LogP contribution in [-0.4, -0.2) is 11.0 Å². The molecule has 4 nitrogen and oxygen atoms in total. The second-order valence-corrected chi connectivity index (χ2v) is 4.81. The number of amides is 2. The lowest BCUT2D eigenvalue weighted by atomic mass is 9.96. The molecule has 2 rings (SSSR count). The van der Waals surface area contributed by atoms with E-state index in [1.807, 2.05) is 56.3 Å². The molecule has 1 aromatic heterocycles. The summed E-state index contributed by atoms with van der Waals surface area (Å²) in [6.07, 6.45) is 3.43. The van der Waals surface area contributed by atoms with Crippen molar-refractivity contribution in [1.29, 1.82) is 0 Å². The van der Waals surface area contributed by atoms with Crippen LogP contribution in [0.3, 0.4) is 0 Å². The summed E-state index contributed by atoms with van der Waals surface area (Å²) in [6.45, 7) is 3.90. The van der Waals surface area contributed by atoms with Crippen molar-refractivity contribution in [3.05, 3.63) is 60.4 Å². The van der Waals surface area contributed by atoms with E-state index in [-0.39, 0.29) is 6.03 Å². The molecule has 2 amide bonds. The maximum atomic E-state index is 12.0. The topological polar surface area (TPSA) is 54.0 Å². The van der Waals surface area contributed by atoms with Crippen molar-refractivity contribution in [2.75, 3.05) is 5.32 Å². The van der Waals surface area contributed by atoms with Gasteiger partial charge < -0.3 is 10.6 Å². The number of hydrogen-bond donors (Lipinski definition) is 2. The van der Waals surface area contributed by atoms with Crippen LogP contribution in [0.15, 0.2) is 54.9 Å². The highest BCUT2D eigenvalue weighted by atomic mass is 16.2. The van der Waals surface area contributed by atoms with Crippen LogP contribution in [0.5, 0.6) is 0 Å². The van der Waals surface area contributed by atoms with E-state index in [2.05, 4.69) is 15.6 Å². The molecule has 0 bridgehead atoms. The Morgan fingerprint density at radius 2 is 1.68 bits per heavy atom. The highest BCUT2D eigenvalue weighted by Crippen LogP contribution is 2.19. The van der Waals surface area contributed by atoms with Crippen LogP contribution in [0, 0.1) is 0 Å². The minimum absolute atomic E-state index is 0.229. The number of nitrogens with zero attached hydrogens (tertiary/aromatic N) is 1. The Morgan fingerprint density at radius 1 is 1.05 bits per heavy atom. The lowest BCUT2D eigenvalue weighted by Crippen LogP contribution is -2.43. The molecule has 1 heterocycles. The molecular weight excluding hydrogens is 238 g/mol. The van der Waals surface area contributed by atoms with Gasteiger partial charge in [0.25, 0.3) is 0 Å². The zero-order valence-electron chi connectivity index (χ0n) is 11.1. The number of pyridine rings is 1. The summed E-state index contributed by atoms with van der Waals surface area (Å²) in [5.41, 5.74) is 1.32. The maximum absolute atomic E-state index is 12.0. The number of nitrogens with one attached hydrogen (secondary N) is 2. The number of carbonyl (C=O) groups is 1. The molecule has 0 aliphatic rings. The van der Waals surface area contributed by atoms with Gasteiger partial charge in [0, 0.05) is 18.1 Å². The smallest absolute Gasteiger partial charge is 0.319 e. The van der Waals surface area contributed by atoms with Crippen LogP contribution in [-0.2, 0) is 5.54 Å². The predicted octanol–water partition coefficient (Wildman–Crippen LogP) is 3.14. The zero-order chi connectivity index (χ0) is 13.7. The Labute approximate surface area is 112 Å². The summed E-state index contributed by atoms with van der Waals surface area (Å²) in [5.74, 6) is 0.